The van der Waals surface area contributed by atoms with Gasteiger partial charge >= 0.3 is 6.09 Å². The van der Waals surface area contributed by atoms with Gasteiger partial charge in [0, 0.05) is 11.6 Å². The molecule has 1 heterocycles. The van der Waals surface area contributed by atoms with Crippen LogP contribution in [0.2, 0.25) is 0 Å². The van der Waals surface area contributed by atoms with Crippen molar-refractivity contribution in [3.05, 3.63) is 11.1 Å². The second-order valence-corrected chi connectivity index (χ2v) is 4.71. The molecule has 0 bridgehead atoms. The van der Waals surface area contributed by atoms with E-state index in [0.717, 1.165) is 6.21 Å². The minimum Gasteiger partial charge on any atom is -0.444 e. The zero-order valence-corrected chi connectivity index (χ0v) is 9.64. The molecule has 0 radical (unpaired) electrons. The number of thiazole rings is 1. The number of hydrogen-bond acceptors (Lipinski definition) is 5. The van der Waals surface area contributed by atoms with Crippen LogP contribution in [-0.2, 0) is 4.74 Å². The number of aromatic nitrogens is 1. The van der Waals surface area contributed by atoms with Crippen molar-refractivity contribution in [2.24, 2.45) is 0 Å². The van der Waals surface area contributed by atoms with E-state index >= 15 is 0 Å². The molecule has 5 nitrogen and oxygen atoms in total. The fourth-order valence-corrected chi connectivity index (χ4v) is 1.45. The first kappa shape index (κ1) is 11.6. The number of amides is 1. The number of hydrogen-bond donors (Lipinski definition) is 2. The van der Waals surface area contributed by atoms with Gasteiger partial charge in [-0.2, -0.15) is 0 Å². The van der Waals surface area contributed by atoms with E-state index in [9.17, 15) is 4.79 Å². The number of anilines is 1. The molecule has 0 aliphatic heterocycles. The number of carbonyl (C=O) groups is 1. The Bertz CT molecular complexity index is 368. The largest absolute Gasteiger partial charge is 0.444 e. The van der Waals surface area contributed by atoms with Gasteiger partial charge in [0.2, 0.25) is 0 Å². The van der Waals surface area contributed by atoms with Crippen LogP contribution in [0.15, 0.2) is 5.38 Å². The lowest BCUT2D eigenvalue weighted by Gasteiger charge is -2.18. The molecule has 0 saturated heterocycles. The quantitative estimate of drug-likeness (QED) is 0.762. The third-order valence-corrected chi connectivity index (χ3v) is 2.05. The number of nitrogens with one attached hydrogen (secondary N) is 2. The number of ether oxygens (including phenoxy) is 1. The van der Waals surface area contributed by atoms with Crippen LogP contribution >= 0.6 is 11.3 Å². The molecule has 82 valence electrons. The maximum Gasteiger partial charge on any atom is 0.413 e. The molecular formula is C9H13N3O2S. The van der Waals surface area contributed by atoms with Crippen LogP contribution in [0.1, 0.15) is 26.5 Å². The molecule has 15 heavy (non-hydrogen) atoms. The Morgan fingerprint density at radius 3 is 2.80 bits per heavy atom. The first-order chi connectivity index (χ1) is 6.90. The molecule has 1 amide bonds. The van der Waals surface area contributed by atoms with Gasteiger partial charge < -0.3 is 10.1 Å². The van der Waals surface area contributed by atoms with Gasteiger partial charge in [-0.3, -0.25) is 5.32 Å². The number of carbonyl (C=O) groups excluding carboxylic acids is 1. The Morgan fingerprint density at radius 2 is 2.33 bits per heavy atom. The minimum atomic E-state index is -0.534. The number of nitrogens with zero attached hydrogens (tertiary/aromatic N) is 1. The topological polar surface area (TPSA) is 75.1 Å². The Morgan fingerprint density at radius 1 is 1.67 bits per heavy atom. The molecule has 0 aliphatic carbocycles. The summed E-state index contributed by atoms with van der Waals surface area (Å²) >= 11 is 1.25. The molecule has 1 aromatic heterocycles. The second kappa shape index (κ2) is 4.39. The van der Waals surface area contributed by atoms with Crippen LogP contribution in [0.4, 0.5) is 9.93 Å². The van der Waals surface area contributed by atoms with Gasteiger partial charge in [-0.1, -0.05) is 0 Å². The molecule has 0 atom stereocenters. The average Bonchev–Trinajstić information content (AvgIpc) is 2.48. The summed E-state index contributed by atoms with van der Waals surface area (Å²) in [6, 6.07) is 0. The standard InChI is InChI=1S/C9H13N3O2S/c1-9(2,3)14-8(13)12-7-11-6(4-10)5-15-7/h4-5,10H,1-3H3,(H,11,12,13). The van der Waals surface area contributed by atoms with E-state index in [4.69, 9.17) is 10.1 Å². The van der Waals surface area contributed by atoms with Crippen LogP contribution in [0.3, 0.4) is 0 Å². The molecule has 0 unspecified atom stereocenters. The third-order valence-electron chi connectivity index (χ3n) is 1.28. The van der Waals surface area contributed by atoms with Crippen molar-refractivity contribution in [3.8, 4) is 0 Å². The lowest BCUT2D eigenvalue weighted by Crippen LogP contribution is -2.27. The van der Waals surface area contributed by atoms with Crippen LogP contribution in [0, 0.1) is 5.41 Å². The molecule has 1 aromatic rings. The van der Waals surface area contributed by atoms with Gasteiger partial charge in [0.25, 0.3) is 0 Å². The van der Waals surface area contributed by atoms with Crippen molar-refractivity contribution < 1.29 is 9.53 Å². The van der Waals surface area contributed by atoms with E-state index in [2.05, 4.69) is 10.3 Å². The summed E-state index contributed by atoms with van der Waals surface area (Å²) in [6.07, 6.45) is 0.588. The third kappa shape index (κ3) is 4.07. The smallest absolute Gasteiger partial charge is 0.413 e. The van der Waals surface area contributed by atoms with Crippen LogP contribution in [-0.4, -0.2) is 22.9 Å². The zero-order chi connectivity index (χ0) is 11.5. The Kier molecular flexibility index (Phi) is 3.41. The fourth-order valence-electron chi connectivity index (χ4n) is 0.801. The lowest BCUT2D eigenvalue weighted by atomic mass is 10.2. The summed E-state index contributed by atoms with van der Waals surface area (Å²) in [5.41, 5.74) is -0.00260. The summed E-state index contributed by atoms with van der Waals surface area (Å²) < 4.78 is 5.04. The normalized spacial score (nSPS) is 10.9. The van der Waals surface area contributed by atoms with Gasteiger partial charge in [0.1, 0.15) is 5.60 Å². The van der Waals surface area contributed by atoms with E-state index in [1.54, 1.807) is 26.2 Å². The molecule has 2 N–H and O–H groups in total. The van der Waals surface area contributed by atoms with Gasteiger partial charge in [-0.25, -0.2) is 9.78 Å². The molecule has 0 spiro atoms. The van der Waals surface area contributed by atoms with Gasteiger partial charge in [0.05, 0.1) is 5.69 Å². The highest BCUT2D eigenvalue weighted by molar-refractivity contribution is 7.14. The second-order valence-electron chi connectivity index (χ2n) is 3.85. The summed E-state index contributed by atoms with van der Waals surface area (Å²) in [6.45, 7) is 5.37. The SMILES string of the molecule is CC(C)(C)OC(=O)Nc1nc(C=N)cs1. The van der Waals surface area contributed by atoms with E-state index in [1.807, 2.05) is 0 Å². The highest BCUT2D eigenvalue weighted by Crippen LogP contribution is 2.15. The fraction of sp³-hybridized carbons (Fsp3) is 0.444. The maximum absolute atomic E-state index is 11.3. The van der Waals surface area contributed by atoms with E-state index in [0.29, 0.717) is 10.8 Å². The molecule has 0 saturated carbocycles. The van der Waals surface area contributed by atoms with Crippen molar-refractivity contribution >= 4 is 28.8 Å². The molecule has 1 rings (SSSR count). The predicted molar refractivity (Wildman–Crippen MR) is 59.9 cm³/mol. The van der Waals surface area contributed by atoms with Crippen molar-refractivity contribution in [2.45, 2.75) is 26.4 Å². The summed E-state index contributed by atoms with van der Waals surface area (Å²) in [5.74, 6) is 0. The molecular weight excluding hydrogens is 214 g/mol. The first-order valence-electron chi connectivity index (χ1n) is 4.37. The number of rotatable bonds is 2. The van der Waals surface area contributed by atoms with Crippen molar-refractivity contribution in [3.63, 3.8) is 0 Å². The highest BCUT2D eigenvalue weighted by Gasteiger charge is 2.16. The van der Waals surface area contributed by atoms with E-state index in [-0.39, 0.29) is 0 Å². The van der Waals surface area contributed by atoms with E-state index < -0.39 is 11.7 Å². The monoisotopic (exact) mass is 227 g/mol. The first-order valence-corrected chi connectivity index (χ1v) is 5.25. The zero-order valence-electron chi connectivity index (χ0n) is 8.83. The van der Waals surface area contributed by atoms with Crippen molar-refractivity contribution in [1.29, 1.82) is 5.41 Å². The summed E-state index contributed by atoms with van der Waals surface area (Å²) in [7, 11) is 0. The van der Waals surface area contributed by atoms with Crippen molar-refractivity contribution in [2.75, 3.05) is 5.32 Å². The lowest BCUT2D eigenvalue weighted by molar-refractivity contribution is 0.0636. The molecule has 0 fully saturated rings. The van der Waals surface area contributed by atoms with Gasteiger partial charge in [-0.15, -0.1) is 11.3 Å². The highest BCUT2D eigenvalue weighted by atomic mass is 32.1. The van der Waals surface area contributed by atoms with Crippen molar-refractivity contribution in [1.82, 2.24) is 4.98 Å². The molecule has 0 aromatic carbocycles. The van der Waals surface area contributed by atoms with Gasteiger partial charge in [0.15, 0.2) is 5.13 Å². The average molecular weight is 227 g/mol. The molecule has 6 heteroatoms. The summed E-state index contributed by atoms with van der Waals surface area (Å²) in [5, 5.41) is 11.6. The Balaban J connectivity index is 2.55. The van der Waals surface area contributed by atoms with Gasteiger partial charge in [-0.05, 0) is 20.8 Å². The molecule has 0 aliphatic rings. The van der Waals surface area contributed by atoms with Crippen LogP contribution in [0.5, 0.6) is 0 Å². The van der Waals surface area contributed by atoms with Crippen LogP contribution in [0.25, 0.3) is 0 Å². The Labute approximate surface area is 92.0 Å². The summed E-state index contributed by atoms with van der Waals surface area (Å²) in [4.78, 5) is 15.3. The Hall–Kier alpha value is -1.43. The van der Waals surface area contributed by atoms with Crippen LogP contribution < -0.4 is 5.32 Å². The predicted octanol–water partition coefficient (Wildman–Crippen LogP) is 2.49. The van der Waals surface area contributed by atoms with E-state index in [1.165, 1.54) is 11.3 Å². The maximum atomic E-state index is 11.3. The minimum absolute atomic E-state index is 0.433.